The molecule has 0 aliphatic rings. The second kappa shape index (κ2) is 3.15. The topological polar surface area (TPSA) is 33.1 Å². The minimum absolute atomic E-state index is 0.450. The van der Waals surface area contributed by atoms with Gasteiger partial charge >= 0.3 is 0 Å². The Balaban J connectivity index is 2.92. The molecule has 12 heavy (non-hydrogen) atoms. The molecular formula is C9H15NOS. The van der Waals surface area contributed by atoms with Gasteiger partial charge in [0.15, 0.2) is 0 Å². The fourth-order valence-corrected chi connectivity index (χ4v) is 1.83. The van der Waals surface area contributed by atoms with Gasteiger partial charge in [-0.2, -0.15) is 0 Å². The molecule has 1 N–H and O–H groups in total. The SMILES string of the molecule is CC(C)c1nc(C(C)(C)O)cs1. The van der Waals surface area contributed by atoms with Crippen molar-refractivity contribution in [1.29, 1.82) is 0 Å². The summed E-state index contributed by atoms with van der Waals surface area (Å²) < 4.78 is 0. The summed E-state index contributed by atoms with van der Waals surface area (Å²) in [6.07, 6.45) is 0. The van der Waals surface area contributed by atoms with Crippen LogP contribution in [0.4, 0.5) is 0 Å². The minimum atomic E-state index is -0.802. The lowest BCUT2D eigenvalue weighted by atomic mass is 10.1. The third kappa shape index (κ3) is 2.05. The lowest BCUT2D eigenvalue weighted by molar-refractivity contribution is 0.0743. The van der Waals surface area contributed by atoms with Crippen LogP contribution in [0, 0.1) is 0 Å². The van der Waals surface area contributed by atoms with Crippen LogP contribution in [-0.2, 0) is 5.60 Å². The number of aliphatic hydroxyl groups is 1. The van der Waals surface area contributed by atoms with Crippen molar-refractivity contribution >= 4 is 11.3 Å². The zero-order valence-corrected chi connectivity index (χ0v) is 8.77. The Morgan fingerprint density at radius 1 is 1.50 bits per heavy atom. The first-order chi connectivity index (χ1) is 5.41. The zero-order valence-electron chi connectivity index (χ0n) is 7.96. The molecule has 1 aromatic rings. The molecule has 0 aliphatic carbocycles. The molecule has 3 heteroatoms. The second-order valence-electron chi connectivity index (χ2n) is 3.78. The van der Waals surface area contributed by atoms with Crippen LogP contribution in [0.2, 0.25) is 0 Å². The van der Waals surface area contributed by atoms with E-state index in [0.29, 0.717) is 5.92 Å². The maximum atomic E-state index is 9.63. The van der Waals surface area contributed by atoms with Crippen molar-refractivity contribution in [3.8, 4) is 0 Å². The number of hydrogen-bond acceptors (Lipinski definition) is 3. The molecule has 68 valence electrons. The third-order valence-corrected chi connectivity index (χ3v) is 2.79. The van der Waals surface area contributed by atoms with Gasteiger partial charge in [-0.1, -0.05) is 13.8 Å². The summed E-state index contributed by atoms with van der Waals surface area (Å²) >= 11 is 1.61. The molecule has 0 aliphatic heterocycles. The zero-order chi connectivity index (χ0) is 9.35. The molecule has 2 nitrogen and oxygen atoms in total. The third-order valence-electron chi connectivity index (χ3n) is 1.64. The molecule has 1 aromatic heterocycles. The Morgan fingerprint density at radius 3 is 2.33 bits per heavy atom. The van der Waals surface area contributed by atoms with Crippen molar-refractivity contribution in [2.75, 3.05) is 0 Å². The maximum absolute atomic E-state index is 9.63. The number of hydrogen-bond donors (Lipinski definition) is 1. The Morgan fingerprint density at radius 2 is 2.08 bits per heavy atom. The Kier molecular flexibility index (Phi) is 2.54. The number of nitrogens with zero attached hydrogens (tertiary/aromatic N) is 1. The van der Waals surface area contributed by atoms with Crippen molar-refractivity contribution in [2.24, 2.45) is 0 Å². The summed E-state index contributed by atoms with van der Waals surface area (Å²) in [6, 6.07) is 0. The fraction of sp³-hybridized carbons (Fsp3) is 0.667. The average Bonchev–Trinajstić information content (AvgIpc) is 2.30. The van der Waals surface area contributed by atoms with E-state index in [1.807, 2.05) is 5.38 Å². The molecule has 0 radical (unpaired) electrons. The van der Waals surface area contributed by atoms with Gasteiger partial charge in [0.25, 0.3) is 0 Å². The Hall–Kier alpha value is -0.410. The van der Waals surface area contributed by atoms with Gasteiger partial charge in [0.05, 0.1) is 10.7 Å². The minimum Gasteiger partial charge on any atom is -0.384 e. The highest BCUT2D eigenvalue weighted by molar-refractivity contribution is 7.09. The van der Waals surface area contributed by atoms with Crippen molar-refractivity contribution in [2.45, 2.75) is 39.2 Å². The largest absolute Gasteiger partial charge is 0.384 e. The van der Waals surface area contributed by atoms with Crippen LogP contribution < -0.4 is 0 Å². The molecule has 0 saturated carbocycles. The molecular weight excluding hydrogens is 170 g/mol. The summed E-state index contributed by atoms with van der Waals surface area (Å²) in [5.41, 5.74) is -0.0277. The van der Waals surface area contributed by atoms with Gasteiger partial charge in [0.2, 0.25) is 0 Å². The normalized spacial score (nSPS) is 12.5. The first-order valence-corrected chi connectivity index (χ1v) is 4.97. The Labute approximate surface area is 77.3 Å². The predicted molar refractivity (Wildman–Crippen MR) is 51.4 cm³/mol. The first kappa shape index (κ1) is 9.68. The van der Waals surface area contributed by atoms with Crippen LogP contribution in [0.25, 0.3) is 0 Å². The summed E-state index contributed by atoms with van der Waals surface area (Å²) in [6.45, 7) is 7.72. The first-order valence-electron chi connectivity index (χ1n) is 4.09. The number of rotatable bonds is 2. The summed E-state index contributed by atoms with van der Waals surface area (Å²) in [5.74, 6) is 0.450. The van der Waals surface area contributed by atoms with E-state index in [2.05, 4.69) is 18.8 Å². The van der Waals surface area contributed by atoms with Gasteiger partial charge in [-0.15, -0.1) is 11.3 Å². The molecule has 0 bridgehead atoms. The van der Waals surface area contributed by atoms with Crippen molar-refractivity contribution in [3.05, 3.63) is 16.1 Å². The van der Waals surface area contributed by atoms with E-state index in [0.717, 1.165) is 10.7 Å². The molecule has 1 rings (SSSR count). The lowest BCUT2D eigenvalue weighted by Crippen LogP contribution is -2.15. The monoisotopic (exact) mass is 185 g/mol. The van der Waals surface area contributed by atoms with Gasteiger partial charge in [-0.05, 0) is 13.8 Å². The number of thiazole rings is 1. The van der Waals surface area contributed by atoms with E-state index < -0.39 is 5.60 Å². The highest BCUT2D eigenvalue weighted by Gasteiger charge is 2.19. The van der Waals surface area contributed by atoms with Crippen LogP contribution in [0.3, 0.4) is 0 Å². The van der Waals surface area contributed by atoms with Crippen LogP contribution in [0.5, 0.6) is 0 Å². The maximum Gasteiger partial charge on any atom is 0.102 e. The van der Waals surface area contributed by atoms with Gasteiger partial charge in [0, 0.05) is 11.3 Å². The van der Waals surface area contributed by atoms with Gasteiger partial charge in [-0.25, -0.2) is 4.98 Å². The summed E-state index contributed by atoms with van der Waals surface area (Å²) in [4.78, 5) is 4.35. The molecule has 0 saturated heterocycles. The smallest absolute Gasteiger partial charge is 0.102 e. The summed E-state index contributed by atoms with van der Waals surface area (Å²) in [7, 11) is 0. The molecule has 1 heterocycles. The number of aromatic nitrogens is 1. The van der Waals surface area contributed by atoms with Gasteiger partial charge < -0.3 is 5.11 Å². The van der Waals surface area contributed by atoms with E-state index in [1.165, 1.54) is 0 Å². The van der Waals surface area contributed by atoms with Gasteiger partial charge in [-0.3, -0.25) is 0 Å². The fourth-order valence-electron chi connectivity index (χ4n) is 0.834. The standard InChI is InChI=1S/C9H15NOS/c1-6(2)8-10-7(5-12-8)9(3,4)11/h5-6,11H,1-4H3. The Bertz CT molecular complexity index is 260. The van der Waals surface area contributed by atoms with Crippen LogP contribution in [0.1, 0.15) is 44.3 Å². The lowest BCUT2D eigenvalue weighted by Gasteiger charge is -2.13. The summed E-state index contributed by atoms with van der Waals surface area (Å²) in [5, 5.41) is 12.6. The predicted octanol–water partition coefficient (Wildman–Crippen LogP) is 2.49. The second-order valence-corrected chi connectivity index (χ2v) is 4.67. The molecule has 0 aromatic carbocycles. The van der Waals surface area contributed by atoms with Crippen LogP contribution in [0.15, 0.2) is 5.38 Å². The average molecular weight is 185 g/mol. The molecule has 0 atom stereocenters. The molecule has 0 unspecified atom stereocenters. The van der Waals surface area contributed by atoms with Crippen molar-refractivity contribution in [1.82, 2.24) is 4.98 Å². The van der Waals surface area contributed by atoms with Gasteiger partial charge in [0.1, 0.15) is 5.60 Å². The van der Waals surface area contributed by atoms with Crippen molar-refractivity contribution < 1.29 is 5.11 Å². The quantitative estimate of drug-likeness (QED) is 0.768. The van der Waals surface area contributed by atoms with Crippen LogP contribution >= 0.6 is 11.3 Å². The highest BCUT2D eigenvalue weighted by Crippen LogP contribution is 2.25. The molecule has 0 amide bonds. The molecule has 0 spiro atoms. The molecule has 0 fully saturated rings. The van der Waals surface area contributed by atoms with E-state index in [4.69, 9.17) is 0 Å². The van der Waals surface area contributed by atoms with E-state index in [9.17, 15) is 5.11 Å². The van der Waals surface area contributed by atoms with E-state index in [-0.39, 0.29) is 0 Å². The van der Waals surface area contributed by atoms with Crippen molar-refractivity contribution in [3.63, 3.8) is 0 Å². The van der Waals surface area contributed by atoms with E-state index in [1.54, 1.807) is 25.2 Å². The highest BCUT2D eigenvalue weighted by atomic mass is 32.1. The van der Waals surface area contributed by atoms with Crippen LogP contribution in [-0.4, -0.2) is 10.1 Å². The van der Waals surface area contributed by atoms with E-state index >= 15 is 0 Å².